The average Bonchev–Trinajstić information content (AvgIpc) is 3.18. The molecule has 0 aliphatic carbocycles. The summed E-state index contributed by atoms with van der Waals surface area (Å²) < 4.78 is 44.8. The molecular weight excluding hydrogens is 395 g/mol. The minimum Gasteiger partial charge on any atom is -0.387 e. The van der Waals surface area contributed by atoms with Crippen LogP contribution in [-0.4, -0.2) is 15.7 Å². The smallest absolute Gasteiger partial charge is 0.387 e. The van der Waals surface area contributed by atoms with E-state index in [9.17, 15) is 22.8 Å². The number of hydrogen-bond acceptors (Lipinski definition) is 5. The predicted molar refractivity (Wildman–Crippen MR) is 89.2 cm³/mol. The Hall–Kier alpha value is -2.59. The van der Waals surface area contributed by atoms with Crippen molar-refractivity contribution in [1.29, 1.82) is 0 Å². The second-order valence-electron chi connectivity index (χ2n) is 5.04. The Bertz CT molecular complexity index is 996. The fraction of sp³-hybridized carbons (Fsp3) is 0.133. The zero-order valence-electron chi connectivity index (χ0n) is 12.7. The zero-order chi connectivity index (χ0) is 18.9. The molecule has 0 saturated heterocycles. The van der Waals surface area contributed by atoms with Gasteiger partial charge in [0.15, 0.2) is 0 Å². The quantitative estimate of drug-likeness (QED) is 0.717. The summed E-state index contributed by atoms with van der Waals surface area (Å²) in [5.41, 5.74) is -1.56. The monoisotopic (exact) mass is 403 g/mol. The summed E-state index contributed by atoms with van der Waals surface area (Å²) in [4.78, 5) is 24.4. The van der Waals surface area contributed by atoms with Crippen LogP contribution in [0.1, 0.15) is 5.56 Å². The van der Waals surface area contributed by atoms with Gasteiger partial charge in [-0.15, -0.1) is 16.4 Å². The molecule has 1 amide bonds. The van der Waals surface area contributed by atoms with E-state index in [1.54, 1.807) is 17.5 Å². The number of carbonyl (C=O) groups is 1. The van der Waals surface area contributed by atoms with Crippen LogP contribution >= 0.6 is 22.9 Å². The van der Waals surface area contributed by atoms with Crippen molar-refractivity contribution in [2.75, 3.05) is 5.32 Å². The second kappa shape index (κ2) is 6.96. The molecule has 0 atom stereocenters. The molecule has 0 bridgehead atoms. The fourth-order valence-electron chi connectivity index (χ4n) is 2.09. The van der Waals surface area contributed by atoms with E-state index >= 15 is 0 Å². The highest BCUT2D eigenvalue weighted by Crippen LogP contribution is 2.36. The van der Waals surface area contributed by atoms with Crippen LogP contribution in [0.25, 0.3) is 10.8 Å². The molecular formula is C15H9ClF3N3O3S. The van der Waals surface area contributed by atoms with E-state index in [1.165, 1.54) is 17.4 Å². The molecule has 0 saturated carbocycles. The fourth-order valence-corrected chi connectivity index (χ4v) is 2.91. The molecule has 0 unspecified atom stereocenters. The van der Waals surface area contributed by atoms with Gasteiger partial charge < -0.3 is 9.73 Å². The Kier molecular flexibility index (Phi) is 4.88. The number of anilines is 1. The highest BCUT2D eigenvalue weighted by atomic mass is 35.5. The lowest BCUT2D eigenvalue weighted by molar-refractivity contribution is -0.137. The first-order valence-electron chi connectivity index (χ1n) is 7.02. The number of carbonyl (C=O) groups excluding carboxylic acids is 1. The Morgan fingerprint density at radius 2 is 2.12 bits per heavy atom. The number of hydrogen-bond donors (Lipinski definition) is 1. The van der Waals surface area contributed by atoms with E-state index in [4.69, 9.17) is 16.0 Å². The third-order valence-electron chi connectivity index (χ3n) is 3.19. The molecule has 6 nitrogen and oxygen atoms in total. The first-order chi connectivity index (χ1) is 12.2. The van der Waals surface area contributed by atoms with E-state index in [1.807, 2.05) is 0 Å². The van der Waals surface area contributed by atoms with E-state index in [-0.39, 0.29) is 10.9 Å². The highest BCUT2D eigenvalue weighted by molar-refractivity contribution is 7.13. The lowest BCUT2D eigenvalue weighted by Crippen LogP contribution is -2.26. The van der Waals surface area contributed by atoms with E-state index in [0.717, 1.165) is 10.7 Å². The predicted octanol–water partition coefficient (Wildman–Crippen LogP) is 3.88. The number of benzene rings is 1. The maximum Gasteiger partial charge on any atom is 0.437 e. The molecule has 136 valence electrons. The van der Waals surface area contributed by atoms with Crippen molar-refractivity contribution in [1.82, 2.24) is 9.78 Å². The van der Waals surface area contributed by atoms with Gasteiger partial charge in [0, 0.05) is 5.02 Å². The number of thiophene rings is 1. The van der Waals surface area contributed by atoms with E-state index in [2.05, 4.69) is 10.4 Å². The molecule has 0 fully saturated rings. The van der Waals surface area contributed by atoms with Gasteiger partial charge in [0.05, 0.1) is 16.1 Å². The van der Waals surface area contributed by atoms with Crippen LogP contribution in [0.3, 0.4) is 0 Å². The van der Waals surface area contributed by atoms with Gasteiger partial charge in [0.25, 0.3) is 5.89 Å². The van der Waals surface area contributed by atoms with Gasteiger partial charge >= 0.3 is 11.9 Å². The summed E-state index contributed by atoms with van der Waals surface area (Å²) in [6, 6.07) is 6.35. The molecule has 3 aromatic rings. The Labute approximate surface area is 152 Å². The van der Waals surface area contributed by atoms with Crippen LogP contribution in [0.4, 0.5) is 18.9 Å². The van der Waals surface area contributed by atoms with Gasteiger partial charge in [0.1, 0.15) is 6.54 Å². The van der Waals surface area contributed by atoms with E-state index in [0.29, 0.717) is 10.9 Å². The van der Waals surface area contributed by atoms with E-state index < -0.39 is 35.6 Å². The number of amides is 1. The zero-order valence-corrected chi connectivity index (χ0v) is 14.3. The van der Waals surface area contributed by atoms with Gasteiger partial charge in [-0.1, -0.05) is 17.7 Å². The maximum atomic E-state index is 13.0. The SMILES string of the molecule is O=C(Cn1nc(-c2cccs2)oc1=O)Nc1ccc(Cl)cc1C(F)(F)F. The lowest BCUT2D eigenvalue weighted by atomic mass is 10.1. The number of alkyl halides is 3. The van der Waals surface area contributed by atoms with Crippen molar-refractivity contribution >= 4 is 34.5 Å². The molecule has 11 heteroatoms. The summed E-state index contributed by atoms with van der Waals surface area (Å²) in [7, 11) is 0. The molecule has 3 rings (SSSR count). The molecule has 0 radical (unpaired) electrons. The lowest BCUT2D eigenvalue weighted by Gasteiger charge is -2.13. The minimum atomic E-state index is -4.70. The van der Waals surface area contributed by atoms with Crippen molar-refractivity contribution in [3.63, 3.8) is 0 Å². The first kappa shape index (κ1) is 18.2. The van der Waals surface area contributed by atoms with Gasteiger partial charge in [0.2, 0.25) is 5.91 Å². The molecule has 1 aromatic carbocycles. The highest BCUT2D eigenvalue weighted by Gasteiger charge is 2.34. The second-order valence-corrected chi connectivity index (χ2v) is 6.43. The van der Waals surface area contributed by atoms with Crippen molar-refractivity contribution < 1.29 is 22.4 Å². The Morgan fingerprint density at radius 3 is 2.77 bits per heavy atom. The van der Waals surface area contributed by atoms with Crippen molar-refractivity contribution in [3.05, 3.63) is 56.8 Å². The van der Waals surface area contributed by atoms with Crippen LogP contribution in [0.2, 0.25) is 5.02 Å². The van der Waals surface area contributed by atoms with Gasteiger partial charge in [-0.2, -0.15) is 17.9 Å². The Morgan fingerprint density at radius 1 is 1.35 bits per heavy atom. The average molecular weight is 404 g/mol. The summed E-state index contributed by atoms with van der Waals surface area (Å²) in [5.74, 6) is -1.73. The maximum absolute atomic E-state index is 13.0. The molecule has 2 aromatic heterocycles. The summed E-state index contributed by atoms with van der Waals surface area (Å²) in [5, 5.41) is 7.60. The summed E-state index contributed by atoms with van der Waals surface area (Å²) in [6.07, 6.45) is -4.70. The number of halogens is 4. The number of aromatic nitrogens is 2. The number of rotatable bonds is 4. The molecule has 1 N–H and O–H groups in total. The topological polar surface area (TPSA) is 77.1 Å². The van der Waals surface area contributed by atoms with Crippen molar-refractivity contribution in [3.8, 4) is 10.8 Å². The molecule has 0 aliphatic rings. The first-order valence-corrected chi connectivity index (χ1v) is 8.28. The molecule has 2 heterocycles. The minimum absolute atomic E-state index is 0.0280. The normalized spacial score (nSPS) is 11.5. The van der Waals surface area contributed by atoms with Crippen LogP contribution in [-0.2, 0) is 17.5 Å². The number of nitrogens with one attached hydrogen (secondary N) is 1. The largest absolute Gasteiger partial charge is 0.437 e. The summed E-state index contributed by atoms with van der Waals surface area (Å²) >= 11 is 6.86. The van der Waals surface area contributed by atoms with Crippen LogP contribution in [0.5, 0.6) is 0 Å². The van der Waals surface area contributed by atoms with Crippen molar-refractivity contribution in [2.45, 2.75) is 12.7 Å². The van der Waals surface area contributed by atoms with Crippen LogP contribution < -0.4 is 11.1 Å². The summed E-state index contributed by atoms with van der Waals surface area (Å²) in [6.45, 7) is -0.604. The molecule has 0 aliphatic heterocycles. The van der Waals surface area contributed by atoms with Gasteiger partial charge in [-0.05, 0) is 29.6 Å². The molecule has 26 heavy (non-hydrogen) atoms. The third-order valence-corrected chi connectivity index (χ3v) is 4.29. The standard InChI is InChI=1S/C15H9ClF3N3O3S/c16-8-3-4-10(9(6-8)15(17,18)19)20-12(23)7-22-14(24)25-13(21-22)11-2-1-5-26-11/h1-6H,7H2,(H,20,23). The Balaban J connectivity index is 1.79. The van der Waals surface area contributed by atoms with Gasteiger partial charge in [-0.3, -0.25) is 4.79 Å². The van der Waals surface area contributed by atoms with Crippen LogP contribution in [0.15, 0.2) is 44.9 Å². The van der Waals surface area contributed by atoms with Gasteiger partial charge in [-0.25, -0.2) is 4.79 Å². The molecule has 0 spiro atoms. The number of nitrogens with zero attached hydrogens (tertiary/aromatic N) is 2. The third kappa shape index (κ3) is 3.97. The van der Waals surface area contributed by atoms with Crippen LogP contribution in [0, 0.1) is 0 Å². The van der Waals surface area contributed by atoms with Crippen molar-refractivity contribution in [2.24, 2.45) is 0 Å².